The molecule has 8 nitrogen and oxygen atoms in total. The molecule has 1 fully saturated rings. The van der Waals surface area contributed by atoms with Gasteiger partial charge < -0.3 is 15.4 Å². The lowest BCUT2D eigenvalue weighted by Crippen LogP contribution is -2.37. The van der Waals surface area contributed by atoms with E-state index in [-0.39, 0.29) is 18.2 Å². The molecule has 1 aliphatic carbocycles. The predicted molar refractivity (Wildman–Crippen MR) is 100.0 cm³/mol. The maximum atomic E-state index is 12.6. The SMILES string of the molecule is CCOc1ccccc1NC(=O)Cn1c(C)ncc(C(=O)NC2CC2)c1=O. The molecule has 0 saturated heterocycles. The number of amides is 2. The fourth-order valence-electron chi connectivity index (χ4n) is 2.59. The average molecular weight is 370 g/mol. The molecule has 2 aromatic rings. The Hall–Kier alpha value is -3.16. The lowest BCUT2D eigenvalue weighted by Gasteiger charge is -2.13. The van der Waals surface area contributed by atoms with E-state index >= 15 is 0 Å². The minimum absolute atomic E-state index is 0.0602. The van der Waals surface area contributed by atoms with Crippen LogP contribution in [0.3, 0.4) is 0 Å². The van der Waals surface area contributed by atoms with Crippen LogP contribution in [0.5, 0.6) is 5.75 Å². The van der Waals surface area contributed by atoms with E-state index < -0.39 is 17.4 Å². The van der Waals surface area contributed by atoms with Crippen LogP contribution in [0.25, 0.3) is 0 Å². The summed E-state index contributed by atoms with van der Waals surface area (Å²) in [7, 11) is 0. The smallest absolute Gasteiger partial charge is 0.266 e. The van der Waals surface area contributed by atoms with Gasteiger partial charge in [-0.25, -0.2) is 4.98 Å². The molecule has 0 aliphatic heterocycles. The molecule has 0 unspecified atom stereocenters. The zero-order valence-corrected chi connectivity index (χ0v) is 15.3. The Bertz CT molecular complexity index is 918. The number of aryl methyl sites for hydroxylation is 1. The van der Waals surface area contributed by atoms with Crippen LogP contribution in [0.2, 0.25) is 0 Å². The molecule has 1 aromatic carbocycles. The zero-order valence-electron chi connectivity index (χ0n) is 15.3. The van der Waals surface area contributed by atoms with Crippen molar-refractivity contribution in [3.8, 4) is 5.75 Å². The number of nitrogens with zero attached hydrogens (tertiary/aromatic N) is 2. The Kier molecular flexibility index (Phi) is 5.54. The van der Waals surface area contributed by atoms with Crippen molar-refractivity contribution in [2.75, 3.05) is 11.9 Å². The molecule has 1 saturated carbocycles. The Morgan fingerprint density at radius 2 is 2.04 bits per heavy atom. The van der Waals surface area contributed by atoms with E-state index in [2.05, 4.69) is 15.6 Å². The van der Waals surface area contributed by atoms with Crippen molar-refractivity contribution < 1.29 is 14.3 Å². The van der Waals surface area contributed by atoms with Crippen molar-refractivity contribution in [1.29, 1.82) is 0 Å². The number of hydrogen-bond donors (Lipinski definition) is 2. The molecular weight excluding hydrogens is 348 g/mol. The molecule has 142 valence electrons. The molecule has 1 aliphatic rings. The Balaban J connectivity index is 1.77. The number of nitrogens with one attached hydrogen (secondary N) is 2. The van der Waals surface area contributed by atoms with E-state index in [9.17, 15) is 14.4 Å². The van der Waals surface area contributed by atoms with Crippen LogP contribution in [0.1, 0.15) is 35.9 Å². The van der Waals surface area contributed by atoms with E-state index in [0.29, 0.717) is 23.9 Å². The maximum absolute atomic E-state index is 12.6. The van der Waals surface area contributed by atoms with Gasteiger partial charge in [0.15, 0.2) is 0 Å². The minimum atomic E-state index is -0.533. The summed E-state index contributed by atoms with van der Waals surface area (Å²) >= 11 is 0. The molecule has 3 rings (SSSR count). The molecule has 2 amide bonds. The molecule has 1 aromatic heterocycles. The number of hydrogen-bond acceptors (Lipinski definition) is 5. The van der Waals surface area contributed by atoms with Crippen LogP contribution in [0, 0.1) is 6.92 Å². The molecule has 8 heteroatoms. The number of para-hydroxylation sites is 2. The standard InChI is InChI=1S/C19H22N4O4/c1-3-27-16-7-5-4-6-15(16)22-17(24)11-23-12(2)20-10-14(19(23)26)18(25)21-13-8-9-13/h4-7,10,13H,3,8-9,11H2,1-2H3,(H,21,25)(H,22,24). The van der Waals surface area contributed by atoms with E-state index in [4.69, 9.17) is 4.74 Å². The predicted octanol–water partition coefficient (Wildman–Crippen LogP) is 1.48. The van der Waals surface area contributed by atoms with Gasteiger partial charge in [-0.15, -0.1) is 0 Å². The lowest BCUT2D eigenvalue weighted by atomic mass is 10.2. The molecule has 1 heterocycles. The maximum Gasteiger partial charge on any atom is 0.266 e. The van der Waals surface area contributed by atoms with Crippen molar-refractivity contribution in [3.05, 3.63) is 52.2 Å². The van der Waals surface area contributed by atoms with Gasteiger partial charge in [-0.3, -0.25) is 19.0 Å². The van der Waals surface area contributed by atoms with Gasteiger partial charge in [-0.2, -0.15) is 0 Å². The van der Waals surface area contributed by atoms with Crippen LogP contribution in [-0.2, 0) is 11.3 Å². The van der Waals surface area contributed by atoms with E-state index in [1.807, 2.05) is 6.92 Å². The first-order valence-corrected chi connectivity index (χ1v) is 8.88. The molecule has 2 N–H and O–H groups in total. The second-order valence-corrected chi connectivity index (χ2v) is 6.34. The largest absolute Gasteiger partial charge is 0.492 e. The third-order valence-corrected chi connectivity index (χ3v) is 4.17. The average Bonchev–Trinajstić information content (AvgIpc) is 3.44. The van der Waals surface area contributed by atoms with Gasteiger partial charge in [0.2, 0.25) is 5.91 Å². The van der Waals surface area contributed by atoms with Crippen molar-refractivity contribution in [2.24, 2.45) is 0 Å². The summed E-state index contributed by atoms with van der Waals surface area (Å²) in [5, 5.41) is 5.50. The molecule has 0 spiro atoms. The Morgan fingerprint density at radius 3 is 2.74 bits per heavy atom. The van der Waals surface area contributed by atoms with Gasteiger partial charge in [0.05, 0.1) is 12.3 Å². The molecule has 0 radical (unpaired) electrons. The number of carbonyl (C=O) groups excluding carboxylic acids is 2. The van der Waals surface area contributed by atoms with Crippen LogP contribution in [0.4, 0.5) is 5.69 Å². The quantitative estimate of drug-likeness (QED) is 0.769. The van der Waals surface area contributed by atoms with Crippen LogP contribution in [-0.4, -0.2) is 34.0 Å². The normalized spacial score (nSPS) is 13.1. The summed E-state index contributed by atoms with van der Waals surface area (Å²) in [5.74, 6) is 0.0454. The number of anilines is 1. The van der Waals surface area contributed by atoms with Gasteiger partial charge in [-0.05, 0) is 38.8 Å². The van der Waals surface area contributed by atoms with Gasteiger partial charge >= 0.3 is 0 Å². The highest BCUT2D eigenvalue weighted by Crippen LogP contribution is 2.23. The second kappa shape index (κ2) is 8.03. The summed E-state index contributed by atoms with van der Waals surface area (Å²) in [4.78, 5) is 41.4. The van der Waals surface area contributed by atoms with Crippen molar-refractivity contribution in [2.45, 2.75) is 39.3 Å². The highest BCUT2D eigenvalue weighted by atomic mass is 16.5. The van der Waals surface area contributed by atoms with Crippen LogP contribution >= 0.6 is 0 Å². The first-order valence-electron chi connectivity index (χ1n) is 8.88. The summed E-state index contributed by atoms with van der Waals surface area (Å²) in [6.07, 6.45) is 3.09. The van der Waals surface area contributed by atoms with Crippen LogP contribution in [0.15, 0.2) is 35.3 Å². The number of carbonyl (C=O) groups is 2. The number of rotatable bonds is 7. The number of benzene rings is 1. The zero-order chi connectivity index (χ0) is 19.4. The fraction of sp³-hybridized carbons (Fsp3) is 0.368. The topological polar surface area (TPSA) is 102 Å². The van der Waals surface area contributed by atoms with Gasteiger partial charge in [0.1, 0.15) is 23.7 Å². The summed E-state index contributed by atoms with van der Waals surface area (Å²) in [6.45, 7) is 3.69. The Morgan fingerprint density at radius 1 is 1.30 bits per heavy atom. The van der Waals surface area contributed by atoms with Gasteiger partial charge in [-0.1, -0.05) is 12.1 Å². The summed E-state index contributed by atoms with van der Waals surface area (Å²) in [6, 6.07) is 7.18. The first-order chi connectivity index (χ1) is 13.0. The van der Waals surface area contributed by atoms with Crippen molar-refractivity contribution >= 4 is 17.5 Å². The van der Waals surface area contributed by atoms with E-state index in [1.54, 1.807) is 31.2 Å². The van der Waals surface area contributed by atoms with E-state index in [0.717, 1.165) is 12.8 Å². The molecule has 0 bridgehead atoms. The number of aromatic nitrogens is 2. The van der Waals surface area contributed by atoms with Gasteiger partial charge in [0.25, 0.3) is 11.5 Å². The van der Waals surface area contributed by atoms with Crippen molar-refractivity contribution in [1.82, 2.24) is 14.9 Å². The first kappa shape index (κ1) is 18.6. The third kappa shape index (κ3) is 4.52. The van der Waals surface area contributed by atoms with Crippen LogP contribution < -0.4 is 20.9 Å². The molecular formula is C19H22N4O4. The lowest BCUT2D eigenvalue weighted by molar-refractivity contribution is -0.116. The third-order valence-electron chi connectivity index (χ3n) is 4.17. The van der Waals surface area contributed by atoms with E-state index in [1.165, 1.54) is 10.8 Å². The van der Waals surface area contributed by atoms with Crippen molar-refractivity contribution in [3.63, 3.8) is 0 Å². The second-order valence-electron chi connectivity index (χ2n) is 6.34. The monoisotopic (exact) mass is 370 g/mol. The number of ether oxygens (including phenoxy) is 1. The summed E-state index contributed by atoms with van der Waals surface area (Å²) < 4.78 is 6.68. The Labute approximate surface area is 156 Å². The highest BCUT2D eigenvalue weighted by molar-refractivity contribution is 5.94. The minimum Gasteiger partial charge on any atom is -0.492 e. The fourth-order valence-corrected chi connectivity index (χ4v) is 2.59. The van der Waals surface area contributed by atoms with Gasteiger partial charge in [0, 0.05) is 12.2 Å². The highest BCUT2D eigenvalue weighted by Gasteiger charge is 2.26. The molecule has 27 heavy (non-hydrogen) atoms. The summed E-state index contributed by atoms with van der Waals surface area (Å²) in [5.41, 5.74) is -0.0745. The molecule has 0 atom stereocenters.